The predicted molar refractivity (Wildman–Crippen MR) is 64.3 cm³/mol. The van der Waals surface area contributed by atoms with Gasteiger partial charge in [-0.3, -0.25) is 0 Å². The smallest absolute Gasteiger partial charge is 0.0319 e. The van der Waals surface area contributed by atoms with Crippen molar-refractivity contribution in [1.82, 2.24) is 0 Å². The molecule has 1 aliphatic rings. The quantitative estimate of drug-likeness (QED) is 0.571. The van der Waals surface area contributed by atoms with E-state index >= 15 is 0 Å². The molecule has 0 bridgehead atoms. The maximum Gasteiger partial charge on any atom is -0.0319 e. The van der Waals surface area contributed by atoms with E-state index in [2.05, 4.69) is 39.8 Å². The molecule has 2 unspecified atom stereocenters. The van der Waals surface area contributed by atoms with E-state index in [0.717, 1.165) is 23.7 Å². The summed E-state index contributed by atoms with van der Waals surface area (Å²) in [5.41, 5.74) is 0. The Morgan fingerprint density at radius 3 is 1.50 bits per heavy atom. The first-order valence-electron chi connectivity index (χ1n) is 6.24. The van der Waals surface area contributed by atoms with Crippen molar-refractivity contribution in [3.63, 3.8) is 0 Å². The van der Waals surface area contributed by atoms with E-state index in [4.69, 9.17) is 0 Å². The topological polar surface area (TPSA) is 0 Å². The second-order valence-electron chi connectivity index (χ2n) is 5.72. The third-order valence-corrected chi connectivity index (χ3v) is 3.26. The second-order valence-corrected chi connectivity index (χ2v) is 5.72. The Morgan fingerprint density at radius 1 is 0.857 bits per heavy atom. The van der Waals surface area contributed by atoms with Gasteiger partial charge in [-0.1, -0.05) is 39.8 Å². The minimum absolute atomic E-state index is 0.862. The van der Waals surface area contributed by atoms with Crippen LogP contribution in [0.15, 0.2) is 12.2 Å². The van der Waals surface area contributed by atoms with Gasteiger partial charge in [0.25, 0.3) is 0 Å². The van der Waals surface area contributed by atoms with Crippen LogP contribution >= 0.6 is 0 Å². The number of allylic oxidation sites excluding steroid dienone is 2. The number of rotatable bonds is 4. The molecule has 1 aliphatic carbocycles. The maximum atomic E-state index is 2.39. The molecule has 14 heavy (non-hydrogen) atoms. The van der Waals surface area contributed by atoms with Crippen molar-refractivity contribution in [2.24, 2.45) is 23.7 Å². The SMILES string of the molecule is CC(C)CC1CC=CCC1CC(C)C. The van der Waals surface area contributed by atoms with E-state index in [9.17, 15) is 0 Å². The molecule has 0 saturated carbocycles. The summed E-state index contributed by atoms with van der Waals surface area (Å²) in [7, 11) is 0. The highest BCUT2D eigenvalue weighted by Gasteiger charge is 2.23. The van der Waals surface area contributed by atoms with Gasteiger partial charge in [-0.05, 0) is 49.4 Å². The van der Waals surface area contributed by atoms with Gasteiger partial charge in [0.2, 0.25) is 0 Å². The van der Waals surface area contributed by atoms with Crippen molar-refractivity contribution in [2.75, 3.05) is 0 Å². The van der Waals surface area contributed by atoms with E-state index in [1.54, 1.807) is 0 Å². The van der Waals surface area contributed by atoms with Gasteiger partial charge in [0.15, 0.2) is 0 Å². The van der Waals surface area contributed by atoms with Crippen LogP contribution in [0.2, 0.25) is 0 Å². The summed E-state index contributed by atoms with van der Waals surface area (Å²) in [6.45, 7) is 9.41. The first kappa shape index (κ1) is 11.8. The lowest BCUT2D eigenvalue weighted by Crippen LogP contribution is -2.20. The molecule has 0 radical (unpaired) electrons. The molecule has 1 rings (SSSR count). The standard InChI is InChI=1S/C14H26/c1-11(2)9-13-7-5-6-8-14(13)10-12(3)4/h5-6,11-14H,7-10H2,1-4H3. The summed E-state index contributed by atoms with van der Waals surface area (Å²) in [6.07, 6.45) is 10.3. The Morgan fingerprint density at radius 2 is 1.21 bits per heavy atom. The Hall–Kier alpha value is -0.260. The van der Waals surface area contributed by atoms with Crippen LogP contribution in [0.1, 0.15) is 53.4 Å². The zero-order valence-electron chi connectivity index (χ0n) is 10.3. The molecule has 2 atom stereocenters. The molecule has 0 saturated heterocycles. The largest absolute Gasteiger partial charge is 0.0882 e. The normalized spacial score (nSPS) is 27.6. The molecule has 0 spiro atoms. The molecular formula is C14H26. The van der Waals surface area contributed by atoms with Crippen molar-refractivity contribution >= 4 is 0 Å². The van der Waals surface area contributed by atoms with E-state index in [0.29, 0.717) is 0 Å². The van der Waals surface area contributed by atoms with Gasteiger partial charge in [0, 0.05) is 0 Å². The van der Waals surface area contributed by atoms with E-state index < -0.39 is 0 Å². The van der Waals surface area contributed by atoms with Crippen LogP contribution in [0.25, 0.3) is 0 Å². The van der Waals surface area contributed by atoms with Crippen molar-refractivity contribution < 1.29 is 0 Å². The third kappa shape index (κ3) is 3.86. The van der Waals surface area contributed by atoms with Crippen LogP contribution in [-0.4, -0.2) is 0 Å². The number of hydrogen-bond acceptors (Lipinski definition) is 0. The summed E-state index contributed by atoms with van der Waals surface area (Å²) in [5.74, 6) is 3.65. The van der Waals surface area contributed by atoms with Gasteiger partial charge in [-0.25, -0.2) is 0 Å². The van der Waals surface area contributed by atoms with Crippen LogP contribution in [0.4, 0.5) is 0 Å². The third-order valence-electron chi connectivity index (χ3n) is 3.26. The first-order chi connectivity index (χ1) is 6.59. The van der Waals surface area contributed by atoms with Crippen LogP contribution in [0.5, 0.6) is 0 Å². The molecule has 0 fully saturated rings. The lowest BCUT2D eigenvalue weighted by Gasteiger charge is -2.31. The van der Waals surface area contributed by atoms with Gasteiger partial charge in [-0.15, -0.1) is 0 Å². The molecule has 0 aromatic carbocycles. The molecule has 0 aromatic rings. The highest BCUT2D eigenvalue weighted by molar-refractivity contribution is 4.94. The Labute approximate surface area is 89.8 Å². The lowest BCUT2D eigenvalue weighted by molar-refractivity contribution is 0.238. The van der Waals surface area contributed by atoms with Crippen LogP contribution in [0.3, 0.4) is 0 Å². The fraction of sp³-hybridized carbons (Fsp3) is 0.857. The van der Waals surface area contributed by atoms with Gasteiger partial charge in [0.1, 0.15) is 0 Å². The first-order valence-corrected chi connectivity index (χ1v) is 6.24. The average molecular weight is 194 g/mol. The van der Waals surface area contributed by atoms with E-state index in [1.165, 1.54) is 25.7 Å². The molecule has 0 aliphatic heterocycles. The number of hydrogen-bond donors (Lipinski definition) is 0. The van der Waals surface area contributed by atoms with Crippen molar-refractivity contribution in [2.45, 2.75) is 53.4 Å². The summed E-state index contributed by atoms with van der Waals surface area (Å²) in [4.78, 5) is 0. The van der Waals surface area contributed by atoms with Crippen molar-refractivity contribution in [1.29, 1.82) is 0 Å². The molecule has 0 amide bonds. The van der Waals surface area contributed by atoms with Crippen LogP contribution in [0, 0.1) is 23.7 Å². The molecule has 0 heteroatoms. The highest BCUT2D eigenvalue weighted by atomic mass is 14.3. The Kier molecular flexibility index (Phi) is 4.71. The summed E-state index contributed by atoms with van der Waals surface area (Å²) < 4.78 is 0. The van der Waals surface area contributed by atoms with Gasteiger partial charge < -0.3 is 0 Å². The predicted octanol–water partition coefficient (Wildman–Crippen LogP) is 4.66. The minimum Gasteiger partial charge on any atom is -0.0882 e. The van der Waals surface area contributed by atoms with E-state index in [-0.39, 0.29) is 0 Å². The second kappa shape index (κ2) is 5.58. The van der Waals surface area contributed by atoms with E-state index in [1.807, 2.05) is 0 Å². The molecule has 0 aromatic heterocycles. The molecule has 0 nitrogen and oxygen atoms in total. The summed E-state index contributed by atoms with van der Waals surface area (Å²) in [5, 5.41) is 0. The zero-order chi connectivity index (χ0) is 10.6. The van der Waals surface area contributed by atoms with Crippen molar-refractivity contribution in [3.05, 3.63) is 12.2 Å². The molecule has 82 valence electrons. The summed E-state index contributed by atoms with van der Waals surface area (Å²) in [6, 6.07) is 0. The molecular weight excluding hydrogens is 168 g/mol. The highest BCUT2D eigenvalue weighted by Crippen LogP contribution is 2.34. The lowest BCUT2D eigenvalue weighted by atomic mass is 9.75. The summed E-state index contributed by atoms with van der Waals surface area (Å²) >= 11 is 0. The monoisotopic (exact) mass is 194 g/mol. The average Bonchev–Trinajstić information content (AvgIpc) is 2.06. The zero-order valence-corrected chi connectivity index (χ0v) is 10.3. The fourth-order valence-electron chi connectivity index (χ4n) is 2.72. The maximum absolute atomic E-state index is 2.39. The fourth-order valence-corrected chi connectivity index (χ4v) is 2.72. The molecule has 0 heterocycles. The van der Waals surface area contributed by atoms with Crippen LogP contribution < -0.4 is 0 Å². The van der Waals surface area contributed by atoms with Crippen molar-refractivity contribution in [3.8, 4) is 0 Å². The van der Waals surface area contributed by atoms with Gasteiger partial charge in [-0.2, -0.15) is 0 Å². The Balaban J connectivity index is 2.47. The molecule has 0 N–H and O–H groups in total. The van der Waals surface area contributed by atoms with Gasteiger partial charge in [0.05, 0.1) is 0 Å². The van der Waals surface area contributed by atoms with Gasteiger partial charge >= 0.3 is 0 Å². The Bertz CT molecular complexity index is 156. The minimum atomic E-state index is 0.862. The van der Waals surface area contributed by atoms with Crippen LogP contribution in [-0.2, 0) is 0 Å².